The van der Waals surface area contributed by atoms with Crippen molar-refractivity contribution in [3.8, 4) is 0 Å². The van der Waals surface area contributed by atoms with E-state index in [0.717, 1.165) is 6.42 Å². The van der Waals surface area contributed by atoms with Crippen LogP contribution in [0.2, 0.25) is 0 Å². The molecular weight excluding hydrogens is 152 g/mol. The van der Waals surface area contributed by atoms with Gasteiger partial charge in [-0.1, -0.05) is 24.3 Å². The molecule has 0 aromatic carbocycles. The Hall–Kier alpha value is -1.31. The van der Waals surface area contributed by atoms with E-state index in [1.807, 2.05) is 6.08 Å². The molecule has 0 aliphatic carbocycles. The molecule has 0 bridgehead atoms. The standard InChI is InChI=1S/C10H14O2/c1-3-5-6-7-8-9-10(11)12-4-2/h3,6-9H,1,4-5H2,2H3/b7-6+,9-8+. The maximum absolute atomic E-state index is 10.7. The number of ether oxygens (including phenoxy) is 1. The van der Waals surface area contributed by atoms with Gasteiger partial charge in [-0.3, -0.25) is 0 Å². The minimum Gasteiger partial charge on any atom is -0.463 e. The van der Waals surface area contributed by atoms with Gasteiger partial charge in [-0.05, 0) is 13.3 Å². The SMILES string of the molecule is C=CC/C=C/C=C/C(=O)OCC. The van der Waals surface area contributed by atoms with E-state index in [1.165, 1.54) is 6.08 Å². The van der Waals surface area contributed by atoms with Gasteiger partial charge in [0.2, 0.25) is 0 Å². The van der Waals surface area contributed by atoms with Crippen molar-refractivity contribution in [1.29, 1.82) is 0 Å². The number of hydrogen-bond donors (Lipinski definition) is 0. The quantitative estimate of drug-likeness (QED) is 0.271. The molecule has 0 aromatic heterocycles. The summed E-state index contributed by atoms with van der Waals surface area (Å²) in [4.78, 5) is 10.7. The molecule has 0 radical (unpaired) electrons. The van der Waals surface area contributed by atoms with Gasteiger partial charge in [-0.25, -0.2) is 4.79 Å². The van der Waals surface area contributed by atoms with Crippen LogP contribution in [-0.4, -0.2) is 12.6 Å². The van der Waals surface area contributed by atoms with Crippen LogP contribution in [0.1, 0.15) is 13.3 Å². The minimum absolute atomic E-state index is 0.305. The molecule has 0 saturated heterocycles. The second kappa shape index (κ2) is 7.79. The molecule has 0 amide bonds. The molecule has 2 nitrogen and oxygen atoms in total. The number of allylic oxidation sites excluding steroid dienone is 4. The maximum atomic E-state index is 10.7. The van der Waals surface area contributed by atoms with Crippen LogP contribution < -0.4 is 0 Å². The first-order valence-electron chi connectivity index (χ1n) is 3.92. The molecule has 0 aliphatic rings. The summed E-state index contributed by atoms with van der Waals surface area (Å²) in [5.74, 6) is -0.305. The van der Waals surface area contributed by atoms with Crippen LogP contribution in [0.3, 0.4) is 0 Å². The summed E-state index contributed by atoms with van der Waals surface area (Å²) in [6.07, 6.45) is 9.34. The molecule has 0 unspecified atom stereocenters. The van der Waals surface area contributed by atoms with Gasteiger partial charge in [0.25, 0.3) is 0 Å². The van der Waals surface area contributed by atoms with Gasteiger partial charge in [0.15, 0.2) is 0 Å². The number of carbonyl (C=O) groups excluding carboxylic acids is 1. The van der Waals surface area contributed by atoms with Crippen LogP contribution >= 0.6 is 0 Å². The molecule has 0 rings (SSSR count). The fraction of sp³-hybridized carbons (Fsp3) is 0.300. The van der Waals surface area contributed by atoms with Crippen molar-refractivity contribution in [3.63, 3.8) is 0 Å². The summed E-state index contributed by atoms with van der Waals surface area (Å²) in [6.45, 7) is 5.75. The van der Waals surface area contributed by atoms with E-state index in [1.54, 1.807) is 25.2 Å². The lowest BCUT2D eigenvalue weighted by Gasteiger charge is -1.92. The van der Waals surface area contributed by atoms with Crippen LogP contribution in [0.25, 0.3) is 0 Å². The van der Waals surface area contributed by atoms with Crippen LogP contribution in [-0.2, 0) is 9.53 Å². The number of rotatable bonds is 5. The van der Waals surface area contributed by atoms with E-state index >= 15 is 0 Å². The Bertz CT molecular complexity index is 190. The zero-order valence-electron chi connectivity index (χ0n) is 7.32. The van der Waals surface area contributed by atoms with E-state index in [9.17, 15) is 4.79 Å². The van der Waals surface area contributed by atoms with Gasteiger partial charge < -0.3 is 4.74 Å². The predicted molar refractivity (Wildman–Crippen MR) is 49.7 cm³/mol. The summed E-state index contributed by atoms with van der Waals surface area (Å²) in [5, 5.41) is 0. The average Bonchev–Trinajstić information content (AvgIpc) is 2.05. The fourth-order valence-corrected chi connectivity index (χ4v) is 0.578. The van der Waals surface area contributed by atoms with Crippen molar-refractivity contribution < 1.29 is 9.53 Å². The van der Waals surface area contributed by atoms with Crippen molar-refractivity contribution in [3.05, 3.63) is 37.0 Å². The van der Waals surface area contributed by atoms with Gasteiger partial charge in [0.1, 0.15) is 0 Å². The van der Waals surface area contributed by atoms with Crippen LogP contribution in [0.4, 0.5) is 0 Å². The first-order chi connectivity index (χ1) is 5.81. The Morgan fingerprint density at radius 1 is 1.50 bits per heavy atom. The monoisotopic (exact) mass is 166 g/mol. The molecule has 12 heavy (non-hydrogen) atoms. The highest BCUT2D eigenvalue weighted by molar-refractivity contribution is 5.82. The fourth-order valence-electron chi connectivity index (χ4n) is 0.578. The molecule has 0 heterocycles. The molecule has 0 fully saturated rings. The van der Waals surface area contributed by atoms with Crippen LogP contribution in [0, 0.1) is 0 Å². The molecule has 0 N–H and O–H groups in total. The number of esters is 1. The third-order valence-electron chi connectivity index (χ3n) is 1.07. The van der Waals surface area contributed by atoms with E-state index in [2.05, 4.69) is 11.3 Å². The minimum atomic E-state index is -0.305. The van der Waals surface area contributed by atoms with E-state index in [0.29, 0.717) is 6.61 Å². The molecular formula is C10H14O2. The first-order valence-corrected chi connectivity index (χ1v) is 3.92. The lowest BCUT2D eigenvalue weighted by atomic mass is 10.3. The van der Waals surface area contributed by atoms with E-state index < -0.39 is 0 Å². The summed E-state index contributed by atoms with van der Waals surface area (Å²) >= 11 is 0. The smallest absolute Gasteiger partial charge is 0.330 e. The Labute approximate surface area is 73.2 Å². The zero-order chi connectivity index (χ0) is 9.23. The van der Waals surface area contributed by atoms with Gasteiger partial charge in [-0.2, -0.15) is 0 Å². The van der Waals surface area contributed by atoms with Crippen molar-refractivity contribution in [2.24, 2.45) is 0 Å². The van der Waals surface area contributed by atoms with E-state index in [4.69, 9.17) is 0 Å². The number of carbonyl (C=O) groups is 1. The highest BCUT2D eigenvalue weighted by Gasteiger charge is 1.89. The van der Waals surface area contributed by atoms with Gasteiger partial charge in [0.05, 0.1) is 6.61 Å². The Morgan fingerprint density at radius 3 is 2.83 bits per heavy atom. The second-order valence-corrected chi connectivity index (χ2v) is 2.06. The lowest BCUT2D eigenvalue weighted by Crippen LogP contribution is -1.98. The van der Waals surface area contributed by atoms with Crippen molar-refractivity contribution in [2.75, 3.05) is 6.61 Å². The molecule has 66 valence electrons. The highest BCUT2D eigenvalue weighted by Crippen LogP contribution is 1.86. The average molecular weight is 166 g/mol. The van der Waals surface area contributed by atoms with Gasteiger partial charge in [-0.15, -0.1) is 6.58 Å². The molecule has 0 saturated carbocycles. The zero-order valence-corrected chi connectivity index (χ0v) is 7.32. The second-order valence-electron chi connectivity index (χ2n) is 2.06. The summed E-state index contributed by atoms with van der Waals surface area (Å²) < 4.78 is 4.67. The first kappa shape index (κ1) is 10.7. The lowest BCUT2D eigenvalue weighted by molar-refractivity contribution is -0.137. The molecule has 0 aromatic rings. The van der Waals surface area contributed by atoms with Gasteiger partial charge >= 0.3 is 5.97 Å². The van der Waals surface area contributed by atoms with Gasteiger partial charge in [0, 0.05) is 6.08 Å². The normalized spacial score (nSPS) is 10.8. The number of hydrogen-bond acceptors (Lipinski definition) is 2. The topological polar surface area (TPSA) is 26.3 Å². The summed E-state index contributed by atoms with van der Waals surface area (Å²) in [6, 6.07) is 0. The molecule has 0 aliphatic heterocycles. The predicted octanol–water partition coefficient (Wildman–Crippen LogP) is 2.24. The summed E-state index contributed by atoms with van der Waals surface area (Å²) in [7, 11) is 0. The third kappa shape index (κ3) is 6.81. The maximum Gasteiger partial charge on any atom is 0.330 e. The van der Waals surface area contributed by atoms with Crippen LogP contribution in [0.5, 0.6) is 0 Å². The largest absolute Gasteiger partial charge is 0.463 e. The Balaban J connectivity index is 3.60. The molecule has 2 heteroatoms. The van der Waals surface area contributed by atoms with E-state index in [-0.39, 0.29) is 5.97 Å². The van der Waals surface area contributed by atoms with Crippen molar-refractivity contribution in [1.82, 2.24) is 0 Å². The van der Waals surface area contributed by atoms with Crippen molar-refractivity contribution >= 4 is 5.97 Å². The Kier molecular flexibility index (Phi) is 6.94. The molecule has 0 atom stereocenters. The van der Waals surface area contributed by atoms with Crippen LogP contribution in [0.15, 0.2) is 37.0 Å². The highest BCUT2D eigenvalue weighted by atomic mass is 16.5. The van der Waals surface area contributed by atoms with Crippen molar-refractivity contribution in [2.45, 2.75) is 13.3 Å². The molecule has 0 spiro atoms. The Morgan fingerprint density at radius 2 is 2.25 bits per heavy atom. The summed E-state index contributed by atoms with van der Waals surface area (Å²) in [5.41, 5.74) is 0. The third-order valence-corrected chi connectivity index (χ3v) is 1.07.